The van der Waals surface area contributed by atoms with E-state index in [0.717, 1.165) is 53.3 Å². The molecule has 5 aliphatic carbocycles. The number of amides is 4. The van der Waals surface area contributed by atoms with Gasteiger partial charge in [-0.2, -0.15) is 0 Å². The predicted octanol–water partition coefficient (Wildman–Crippen LogP) is 4.26. The maximum absolute atomic E-state index is 13.0. The van der Waals surface area contributed by atoms with E-state index >= 15 is 0 Å². The monoisotopic (exact) mass is 450 g/mol. The van der Waals surface area contributed by atoms with E-state index in [1.807, 2.05) is 24.3 Å². The van der Waals surface area contributed by atoms with E-state index in [4.69, 9.17) is 0 Å². The number of urea groups is 1. The van der Waals surface area contributed by atoms with Crippen LogP contribution in [0.25, 0.3) is 0 Å². The maximum Gasteiger partial charge on any atom is 0.325 e. The summed E-state index contributed by atoms with van der Waals surface area (Å²) in [6.07, 6.45) is 12.0. The van der Waals surface area contributed by atoms with Crippen molar-refractivity contribution >= 4 is 29.2 Å². The molecule has 1 aromatic rings. The molecule has 1 heterocycles. The largest absolute Gasteiger partial charge is 0.378 e. The molecule has 33 heavy (non-hydrogen) atoms. The second-order valence-electron chi connectivity index (χ2n) is 11.4. The smallest absolute Gasteiger partial charge is 0.325 e. The first-order chi connectivity index (χ1) is 15.9. The summed E-state index contributed by atoms with van der Waals surface area (Å²) in [6, 6.07) is 7.37. The van der Waals surface area contributed by atoms with Crippen molar-refractivity contribution in [3.63, 3.8) is 0 Å². The third-order valence-corrected chi connectivity index (χ3v) is 8.89. The Balaban J connectivity index is 1.15. The van der Waals surface area contributed by atoms with Crippen LogP contribution in [0.2, 0.25) is 0 Å². The van der Waals surface area contributed by atoms with Gasteiger partial charge in [0, 0.05) is 5.54 Å². The molecule has 5 saturated carbocycles. The van der Waals surface area contributed by atoms with Crippen LogP contribution in [0.1, 0.15) is 70.6 Å². The molecule has 176 valence electrons. The molecule has 7 heteroatoms. The molecule has 1 spiro atoms. The number of anilines is 2. The minimum absolute atomic E-state index is 0.133. The molecule has 0 unspecified atom stereocenters. The van der Waals surface area contributed by atoms with E-state index in [9.17, 15) is 14.4 Å². The highest BCUT2D eigenvalue weighted by Crippen LogP contribution is 2.56. The zero-order valence-electron chi connectivity index (χ0n) is 19.2. The number of benzene rings is 1. The number of hydrogen-bond donors (Lipinski definition) is 3. The van der Waals surface area contributed by atoms with Crippen LogP contribution in [0.4, 0.5) is 16.2 Å². The van der Waals surface area contributed by atoms with E-state index < -0.39 is 11.6 Å². The molecule has 0 aromatic heterocycles. The van der Waals surface area contributed by atoms with Crippen molar-refractivity contribution in [1.29, 1.82) is 0 Å². The summed E-state index contributed by atoms with van der Waals surface area (Å²) in [4.78, 5) is 39.6. The molecule has 0 atom stereocenters. The maximum atomic E-state index is 13.0. The molecule has 1 aromatic carbocycles. The highest BCUT2D eigenvalue weighted by Gasteiger charge is 2.52. The Labute approximate surface area is 195 Å². The van der Waals surface area contributed by atoms with Gasteiger partial charge >= 0.3 is 6.03 Å². The molecule has 7 rings (SSSR count). The van der Waals surface area contributed by atoms with Crippen LogP contribution in [0.15, 0.2) is 24.3 Å². The lowest BCUT2D eigenvalue weighted by atomic mass is 9.53. The van der Waals surface area contributed by atoms with E-state index in [1.54, 1.807) is 0 Å². The van der Waals surface area contributed by atoms with Crippen LogP contribution in [-0.4, -0.2) is 40.4 Å². The summed E-state index contributed by atoms with van der Waals surface area (Å²) < 4.78 is 0. The zero-order valence-corrected chi connectivity index (χ0v) is 19.2. The van der Waals surface area contributed by atoms with Gasteiger partial charge in [0.05, 0.1) is 11.4 Å². The molecule has 6 fully saturated rings. The van der Waals surface area contributed by atoms with Gasteiger partial charge < -0.3 is 16.0 Å². The summed E-state index contributed by atoms with van der Waals surface area (Å²) in [6.45, 7) is -0.252. The molecule has 4 amide bonds. The van der Waals surface area contributed by atoms with Crippen LogP contribution in [0.5, 0.6) is 0 Å². The number of para-hydroxylation sites is 2. The van der Waals surface area contributed by atoms with E-state index in [2.05, 4.69) is 16.0 Å². The van der Waals surface area contributed by atoms with E-state index in [-0.39, 0.29) is 23.9 Å². The van der Waals surface area contributed by atoms with Crippen LogP contribution in [-0.2, 0) is 9.59 Å². The Morgan fingerprint density at radius 1 is 0.939 bits per heavy atom. The third kappa shape index (κ3) is 3.69. The van der Waals surface area contributed by atoms with Gasteiger partial charge in [0.1, 0.15) is 12.1 Å². The molecule has 1 saturated heterocycles. The van der Waals surface area contributed by atoms with Crippen LogP contribution >= 0.6 is 0 Å². The summed E-state index contributed by atoms with van der Waals surface area (Å²) in [5.41, 5.74) is 0.993. The SMILES string of the molecule is O=C(CN1C(=O)NC2(CCCCC2)C1=O)Nc1ccccc1NC12CC3CC(CC(C3)C1)C2. The van der Waals surface area contributed by atoms with Gasteiger partial charge in [0.25, 0.3) is 5.91 Å². The summed E-state index contributed by atoms with van der Waals surface area (Å²) in [5.74, 6) is 1.90. The fourth-order valence-electron chi connectivity index (χ4n) is 7.90. The standard InChI is InChI=1S/C26H34N4O3/c31-22(16-30-23(32)26(29-24(30)33)8-4-1-5-9-26)27-20-6-2-3-7-21(20)28-25-13-17-10-18(14-25)12-19(11-17)15-25/h2-3,6-7,17-19,28H,1,4-5,8-16H2,(H,27,31)(H,29,33). The van der Waals surface area contributed by atoms with Crippen molar-refractivity contribution in [3.05, 3.63) is 24.3 Å². The minimum atomic E-state index is -0.798. The molecular formula is C26H34N4O3. The number of carbonyl (C=O) groups is 3. The third-order valence-electron chi connectivity index (χ3n) is 8.89. The van der Waals surface area contributed by atoms with Gasteiger partial charge in [0.2, 0.25) is 5.91 Å². The Bertz CT molecular complexity index is 948. The molecule has 4 bridgehead atoms. The summed E-state index contributed by atoms with van der Waals surface area (Å²) >= 11 is 0. The van der Waals surface area contributed by atoms with Gasteiger partial charge in [-0.15, -0.1) is 0 Å². The second-order valence-corrected chi connectivity index (χ2v) is 11.4. The van der Waals surface area contributed by atoms with Crippen molar-refractivity contribution in [2.45, 2.75) is 81.7 Å². The number of imide groups is 1. The van der Waals surface area contributed by atoms with Crippen LogP contribution in [0.3, 0.4) is 0 Å². The highest BCUT2D eigenvalue weighted by molar-refractivity contribution is 6.10. The van der Waals surface area contributed by atoms with E-state index in [1.165, 1.54) is 38.5 Å². The fourth-order valence-corrected chi connectivity index (χ4v) is 7.90. The lowest BCUT2D eigenvalue weighted by Crippen LogP contribution is -2.54. The van der Waals surface area contributed by atoms with Crippen molar-refractivity contribution < 1.29 is 14.4 Å². The molecule has 6 aliphatic rings. The summed E-state index contributed by atoms with van der Waals surface area (Å²) in [5, 5.41) is 9.70. The van der Waals surface area contributed by atoms with Gasteiger partial charge in [-0.1, -0.05) is 31.4 Å². The minimum Gasteiger partial charge on any atom is -0.378 e. The zero-order chi connectivity index (χ0) is 22.6. The van der Waals surface area contributed by atoms with Crippen molar-refractivity contribution in [2.24, 2.45) is 17.8 Å². The van der Waals surface area contributed by atoms with Gasteiger partial charge in [-0.25, -0.2) is 4.79 Å². The van der Waals surface area contributed by atoms with Crippen molar-refractivity contribution in [1.82, 2.24) is 10.2 Å². The Hall–Kier alpha value is -2.57. The van der Waals surface area contributed by atoms with E-state index in [0.29, 0.717) is 12.8 Å². The first kappa shape index (κ1) is 21.0. The molecule has 7 nitrogen and oxygen atoms in total. The predicted molar refractivity (Wildman–Crippen MR) is 126 cm³/mol. The first-order valence-corrected chi connectivity index (χ1v) is 12.7. The van der Waals surface area contributed by atoms with Crippen molar-refractivity contribution in [2.75, 3.05) is 17.2 Å². The Kier molecular flexibility index (Phi) is 4.93. The molecular weight excluding hydrogens is 416 g/mol. The quantitative estimate of drug-likeness (QED) is 0.585. The van der Waals surface area contributed by atoms with Gasteiger partial charge in [0.15, 0.2) is 0 Å². The number of nitrogens with zero attached hydrogens (tertiary/aromatic N) is 1. The molecule has 3 N–H and O–H groups in total. The molecule has 0 radical (unpaired) electrons. The average Bonchev–Trinajstić information content (AvgIpc) is 2.98. The normalized spacial score (nSPS) is 33.9. The first-order valence-electron chi connectivity index (χ1n) is 12.7. The molecule has 1 aliphatic heterocycles. The highest BCUT2D eigenvalue weighted by atomic mass is 16.2. The van der Waals surface area contributed by atoms with Crippen LogP contribution in [0, 0.1) is 17.8 Å². The second kappa shape index (κ2) is 7.74. The lowest BCUT2D eigenvalue weighted by molar-refractivity contribution is -0.134. The topological polar surface area (TPSA) is 90.5 Å². The van der Waals surface area contributed by atoms with Gasteiger partial charge in [-0.05, 0) is 81.3 Å². The van der Waals surface area contributed by atoms with Crippen LogP contribution < -0.4 is 16.0 Å². The lowest BCUT2D eigenvalue weighted by Gasteiger charge is -2.57. The number of rotatable bonds is 5. The van der Waals surface area contributed by atoms with Crippen molar-refractivity contribution in [3.8, 4) is 0 Å². The fraction of sp³-hybridized carbons (Fsp3) is 0.654. The Morgan fingerprint density at radius 2 is 1.55 bits per heavy atom. The number of carbonyl (C=O) groups excluding carboxylic acids is 3. The van der Waals surface area contributed by atoms with Gasteiger partial charge in [-0.3, -0.25) is 14.5 Å². The number of hydrogen-bond acceptors (Lipinski definition) is 4. The number of nitrogens with one attached hydrogen (secondary N) is 3. The average molecular weight is 451 g/mol. The summed E-state index contributed by atoms with van der Waals surface area (Å²) in [7, 11) is 0. The Morgan fingerprint density at radius 3 is 2.18 bits per heavy atom.